The molecule has 1 aromatic rings. The summed E-state index contributed by atoms with van der Waals surface area (Å²) in [5.74, 6) is 0. The van der Waals surface area contributed by atoms with Crippen LogP contribution >= 0.6 is 11.3 Å². The molecule has 0 atom stereocenters. The van der Waals surface area contributed by atoms with E-state index in [4.69, 9.17) is 0 Å². The Morgan fingerprint density at radius 1 is 0.857 bits per heavy atom. The van der Waals surface area contributed by atoms with E-state index in [2.05, 4.69) is 51.1 Å². The summed E-state index contributed by atoms with van der Waals surface area (Å²) in [5, 5.41) is 0. The second-order valence-corrected chi connectivity index (χ2v) is 6.88. The topological polar surface area (TPSA) is 0 Å². The summed E-state index contributed by atoms with van der Waals surface area (Å²) in [6.07, 6.45) is 21.2. The Hall–Kier alpha value is -0.820. The molecule has 118 valence electrons. The zero-order valence-electron chi connectivity index (χ0n) is 14.2. The van der Waals surface area contributed by atoms with Crippen molar-refractivity contribution in [2.24, 2.45) is 0 Å². The Morgan fingerprint density at radius 2 is 1.48 bits per heavy atom. The summed E-state index contributed by atoms with van der Waals surface area (Å²) < 4.78 is 0. The van der Waals surface area contributed by atoms with Crippen molar-refractivity contribution in [1.82, 2.24) is 0 Å². The molecule has 0 nitrogen and oxygen atoms in total. The zero-order valence-corrected chi connectivity index (χ0v) is 15.0. The summed E-state index contributed by atoms with van der Waals surface area (Å²) in [4.78, 5) is 2.84. The predicted molar refractivity (Wildman–Crippen MR) is 100 cm³/mol. The van der Waals surface area contributed by atoms with Gasteiger partial charge in [0.25, 0.3) is 0 Å². The maximum absolute atomic E-state index is 2.38. The van der Waals surface area contributed by atoms with E-state index in [0.29, 0.717) is 0 Å². The average molecular weight is 305 g/mol. The van der Waals surface area contributed by atoms with E-state index in [1.165, 1.54) is 73.1 Å². The Kier molecular flexibility index (Phi) is 10.2. The van der Waals surface area contributed by atoms with Crippen LogP contribution in [0.3, 0.4) is 0 Å². The molecule has 0 aliphatic carbocycles. The van der Waals surface area contributed by atoms with Crippen molar-refractivity contribution in [3.05, 3.63) is 33.5 Å². The van der Waals surface area contributed by atoms with Crippen LogP contribution in [0.2, 0.25) is 0 Å². The van der Waals surface area contributed by atoms with Gasteiger partial charge in [0.1, 0.15) is 0 Å². The van der Waals surface area contributed by atoms with Gasteiger partial charge in [-0.1, -0.05) is 64.0 Å². The third kappa shape index (κ3) is 7.66. The standard InChI is InChI=1S/C20H32S/c1-4-7-8-9-10-11-12-13-16-18-17-19(14-5-2)21-20(18)15-6-3/h5-6,14-15,17H,4,7-13,16H2,1-3H3/b14-5+,15-6+. The first-order valence-electron chi connectivity index (χ1n) is 8.69. The molecule has 0 aromatic carbocycles. The van der Waals surface area contributed by atoms with Gasteiger partial charge in [0.15, 0.2) is 0 Å². The lowest BCUT2D eigenvalue weighted by Gasteiger charge is -2.02. The zero-order chi connectivity index (χ0) is 15.3. The predicted octanol–water partition coefficient (Wildman–Crippen LogP) is 7.50. The number of thiophene rings is 1. The van der Waals surface area contributed by atoms with E-state index in [9.17, 15) is 0 Å². The molecule has 0 radical (unpaired) electrons. The molecule has 21 heavy (non-hydrogen) atoms. The van der Waals surface area contributed by atoms with Gasteiger partial charge in [-0.05, 0) is 50.5 Å². The number of allylic oxidation sites excluding steroid dienone is 2. The van der Waals surface area contributed by atoms with Crippen LogP contribution in [0.4, 0.5) is 0 Å². The smallest absolute Gasteiger partial charge is 0.0305 e. The Bertz CT molecular complexity index is 423. The van der Waals surface area contributed by atoms with Gasteiger partial charge >= 0.3 is 0 Å². The van der Waals surface area contributed by atoms with Crippen molar-refractivity contribution in [2.45, 2.75) is 78.6 Å². The maximum Gasteiger partial charge on any atom is 0.0305 e. The molecule has 0 aliphatic rings. The molecule has 0 aliphatic heterocycles. The number of rotatable bonds is 11. The van der Waals surface area contributed by atoms with Gasteiger partial charge in [-0.2, -0.15) is 0 Å². The Labute approximate surface area is 136 Å². The van der Waals surface area contributed by atoms with Crippen molar-refractivity contribution in [3.8, 4) is 0 Å². The lowest BCUT2D eigenvalue weighted by Crippen LogP contribution is -1.86. The number of hydrogen-bond acceptors (Lipinski definition) is 1. The van der Waals surface area contributed by atoms with Crippen molar-refractivity contribution in [1.29, 1.82) is 0 Å². The maximum atomic E-state index is 2.38. The molecule has 1 heterocycles. The van der Waals surface area contributed by atoms with E-state index in [-0.39, 0.29) is 0 Å². The van der Waals surface area contributed by atoms with Crippen LogP contribution in [0.1, 0.15) is 87.5 Å². The minimum Gasteiger partial charge on any atom is -0.136 e. The first-order chi connectivity index (χ1) is 10.3. The molecule has 0 spiro atoms. The molecule has 0 amide bonds. The highest BCUT2D eigenvalue weighted by atomic mass is 32.1. The SMILES string of the molecule is C/C=C/c1cc(CCCCCCCCCC)c(/C=C/C)s1. The molecule has 0 unspecified atom stereocenters. The fourth-order valence-electron chi connectivity index (χ4n) is 2.65. The van der Waals surface area contributed by atoms with E-state index < -0.39 is 0 Å². The van der Waals surface area contributed by atoms with Crippen LogP contribution in [0.25, 0.3) is 12.2 Å². The molecule has 0 N–H and O–H groups in total. The number of unbranched alkanes of at least 4 members (excludes halogenated alkanes) is 7. The van der Waals surface area contributed by atoms with Crippen molar-refractivity contribution in [3.63, 3.8) is 0 Å². The van der Waals surface area contributed by atoms with Crippen LogP contribution < -0.4 is 0 Å². The summed E-state index contributed by atoms with van der Waals surface area (Å²) in [7, 11) is 0. The minimum atomic E-state index is 1.24. The van der Waals surface area contributed by atoms with Crippen molar-refractivity contribution >= 4 is 23.5 Å². The highest BCUT2D eigenvalue weighted by molar-refractivity contribution is 7.14. The lowest BCUT2D eigenvalue weighted by molar-refractivity contribution is 0.575. The van der Waals surface area contributed by atoms with Gasteiger partial charge < -0.3 is 0 Å². The highest BCUT2D eigenvalue weighted by Gasteiger charge is 2.05. The summed E-state index contributed by atoms with van der Waals surface area (Å²) in [6, 6.07) is 2.38. The van der Waals surface area contributed by atoms with Crippen LogP contribution in [0.15, 0.2) is 18.2 Å². The summed E-state index contributed by atoms with van der Waals surface area (Å²) in [6.45, 7) is 6.48. The molecule has 0 saturated carbocycles. The second kappa shape index (κ2) is 11.8. The normalized spacial score (nSPS) is 12.0. The first-order valence-corrected chi connectivity index (χ1v) is 9.51. The van der Waals surface area contributed by atoms with Crippen LogP contribution in [-0.2, 0) is 6.42 Å². The molecular weight excluding hydrogens is 272 g/mol. The van der Waals surface area contributed by atoms with Gasteiger partial charge in [-0.3, -0.25) is 0 Å². The number of hydrogen-bond donors (Lipinski definition) is 0. The third-order valence-corrected chi connectivity index (χ3v) is 4.92. The van der Waals surface area contributed by atoms with Crippen molar-refractivity contribution < 1.29 is 0 Å². The molecule has 0 saturated heterocycles. The Morgan fingerprint density at radius 3 is 2.10 bits per heavy atom. The fourth-order valence-corrected chi connectivity index (χ4v) is 3.80. The van der Waals surface area contributed by atoms with Gasteiger partial charge in [-0.25, -0.2) is 0 Å². The van der Waals surface area contributed by atoms with Crippen LogP contribution in [-0.4, -0.2) is 0 Å². The van der Waals surface area contributed by atoms with Gasteiger partial charge in [-0.15, -0.1) is 11.3 Å². The molecule has 1 aromatic heterocycles. The number of aryl methyl sites for hydroxylation is 1. The lowest BCUT2D eigenvalue weighted by atomic mass is 10.0. The van der Waals surface area contributed by atoms with Gasteiger partial charge in [0, 0.05) is 9.75 Å². The first kappa shape index (κ1) is 18.2. The average Bonchev–Trinajstić information content (AvgIpc) is 2.85. The van der Waals surface area contributed by atoms with Gasteiger partial charge in [0.05, 0.1) is 0 Å². The molecule has 1 rings (SSSR count). The Balaban J connectivity index is 2.30. The molecule has 1 heteroatoms. The highest BCUT2D eigenvalue weighted by Crippen LogP contribution is 2.27. The van der Waals surface area contributed by atoms with E-state index >= 15 is 0 Å². The fraction of sp³-hybridized carbons (Fsp3) is 0.600. The minimum absolute atomic E-state index is 1.24. The summed E-state index contributed by atoms with van der Waals surface area (Å²) >= 11 is 1.91. The van der Waals surface area contributed by atoms with Crippen molar-refractivity contribution in [2.75, 3.05) is 0 Å². The summed E-state index contributed by atoms with van der Waals surface area (Å²) in [5.41, 5.74) is 1.54. The van der Waals surface area contributed by atoms with E-state index in [0.717, 1.165) is 0 Å². The quantitative estimate of drug-likeness (QED) is 0.371. The van der Waals surface area contributed by atoms with E-state index in [1.54, 1.807) is 0 Å². The molecular formula is C20H32S. The van der Waals surface area contributed by atoms with Gasteiger partial charge in [0.2, 0.25) is 0 Å². The second-order valence-electron chi connectivity index (χ2n) is 5.76. The molecule has 0 fully saturated rings. The largest absolute Gasteiger partial charge is 0.136 e. The monoisotopic (exact) mass is 304 g/mol. The van der Waals surface area contributed by atoms with Crippen LogP contribution in [0.5, 0.6) is 0 Å². The third-order valence-electron chi connectivity index (χ3n) is 3.81. The van der Waals surface area contributed by atoms with Crippen LogP contribution in [0, 0.1) is 0 Å². The molecule has 0 bridgehead atoms. The van der Waals surface area contributed by atoms with E-state index in [1.807, 2.05) is 11.3 Å².